The number of aromatic nitrogens is 4. The van der Waals surface area contributed by atoms with E-state index in [2.05, 4.69) is 19.9 Å². The van der Waals surface area contributed by atoms with Crippen LogP contribution < -0.4 is 0 Å². The number of pyridine rings is 4. The molecule has 4 aromatic rings. The zero-order chi connectivity index (χ0) is 19.3. The normalized spacial score (nSPS) is 10.7. The van der Waals surface area contributed by atoms with Gasteiger partial charge in [-0.25, -0.2) is 0 Å². The molecule has 0 aliphatic carbocycles. The van der Waals surface area contributed by atoms with Gasteiger partial charge in [-0.1, -0.05) is 21.6 Å². The summed E-state index contributed by atoms with van der Waals surface area (Å²) in [7, 11) is 3.09. The third-order valence-corrected chi connectivity index (χ3v) is 6.17. The average Bonchev–Trinajstić information content (AvgIpc) is 2.74. The van der Waals surface area contributed by atoms with Crippen molar-refractivity contribution in [2.24, 2.45) is 0 Å². The zero-order valence-electron chi connectivity index (χ0n) is 14.4. The van der Waals surface area contributed by atoms with E-state index in [0.717, 1.165) is 21.2 Å². The third kappa shape index (κ3) is 4.08. The second-order valence-electron chi connectivity index (χ2n) is 5.67. The minimum atomic E-state index is 0.115. The van der Waals surface area contributed by atoms with Gasteiger partial charge in [0.15, 0.2) is 0 Å². The molecule has 2 N–H and O–H groups in total. The summed E-state index contributed by atoms with van der Waals surface area (Å²) >= 11 is 0. The van der Waals surface area contributed by atoms with E-state index in [1.807, 2.05) is 24.3 Å². The lowest BCUT2D eigenvalue weighted by atomic mass is 10.2. The van der Waals surface area contributed by atoms with Gasteiger partial charge in [-0.15, -0.1) is 0 Å². The first kappa shape index (κ1) is 18.3. The Kier molecular flexibility index (Phi) is 5.41. The molecule has 4 aromatic heterocycles. The Hall–Kier alpha value is -3.10. The predicted molar refractivity (Wildman–Crippen MR) is 110 cm³/mol. The van der Waals surface area contributed by atoms with Gasteiger partial charge >= 0.3 is 0 Å². The van der Waals surface area contributed by atoms with Crippen LogP contribution >= 0.6 is 21.6 Å². The molecule has 0 saturated carbocycles. The monoisotopic (exact) mass is 406 g/mol. The minimum Gasteiger partial charge on any atom is -0.506 e. The van der Waals surface area contributed by atoms with Crippen LogP contribution in [0.15, 0.2) is 83.1 Å². The Bertz CT molecular complexity index is 1000. The summed E-state index contributed by atoms with van der Waals surface area (Å²) in [6, 6.07) is 14.4. The topological polar surface area (TPSA) is 92.0 Å². The van der Waals surface area contributed by atoms with Crippen molar-refractivity contribution in [2.75, 3.05) is 0 Å². The molecule has 0 amide bonds. The van der Waals surface area contributed by atoms with E-state index >= 15 is 0 Å². The third-order valence-electron chi connectivity index (χ3n) is 3.74. The minimum absolute atomic E-state index is 0.115. The molecule has 0 spiro atoms. The summed E-state index contributed by atoms with van der Waals surface area (Å²) in [5, 5.41) is 18.9. The molecule has 4 heterocycles. The van der Waals surface area contributed by atoms with Crippen molar-refractivity contribution < 1.29 is 10.2 Å². The van der Waals surface area contributed by atoms with Crippen LogP contribution in [-0.4, -0.2) is 30.1 Å². The molecule has 28 heavy (non-hydrogen) atoms. The van der Waals surface area contributed by atoms with Gasteiger partial charge in [-0.2, -0.15) is 0 Å². The molecule has 0 unspecified atom stereocenters. The largest absolute Gasteiger partial charge is 0.506 e. The molecule has 0 fully saturated rings. The number of nitrogens with zero attached hydrogens (tertiary/aromatic N) is 4. The van der Waals surface area contributed by atoms with E-state index in [0.29, 0.717) is 11.4 Å². The fourth-order valence-electron chi connectivity index (χ4n) is 2.44. The average molecular weight is 406 g/mol. The summed E-state index contributed by atoms with van der Waals surface area (Å²) in [6.07, 6.45) is 6.24. The second kappa shape index (κ2) is 8.28. The quantitative estimate of drug-likeness (QED) is 0.456. The Labute approximate surface area is 169 Å². The molecule has 0 radical (unpaired) electrons. The van der Waals surface area contributed by atoms with Crippen LogP contribution in [0.2, 0.25) is 0 Å². The fourth-order valence-corrected chi connectivity index (χ4v) is 4.71. The van der Waals surface area contributed by atoms with Gasteiger partial charge in [0.1, 0.15) is 22.9 Å². The lowest BCUT2D eigenvalue weighted by molar-refractivity contribution is 0.472. The standard InChI is InChI=1S/C20H14N4O2S2/c25-13-5-7-15(23-11-13)19-17(3-1-9-21-19)27-28-18-4-2-10-22-20(18)16-8-6-14(26)12-24-16/h1-12,25-26H. The van der Waals surface area contributed by atoms with Crippen LogP contribution in [0, 0.1) is 0 Å². The van der Waals surface area contributed by atoms with E-state index in [4.69, 9.17) is 0 Å². The zero-order valence-corrected chi connectivity index (χ0v) is 16.1. The van der Waals surface area contributed by atoms with Gasteiger partial charge < -0.3 is 10.2 Å². The van der Waals surface area contributed by atoms with Crippen molar-refractivity contribution in [1.29, 1.82) is 0 Å². The van der Waals surface area contributed by atoms with Crippen LogP contribution in [0.3, 0.4) is 0 Å². The Morgan fingerprint density at radius 1 is 0.571 bits per heavy atom. The van der Waals surface area contributed by atoms with Crippen molar-refractivity contribution in [1.82, 2.24) is 19.9 Å². The van der Waals surface area contributed by atoms with E-state index in [9.17, 15) is 10.2 Å². The van der Waals surface area contributed by atoms with E-state index in [1.54, 1.807) is 58.2 Å². The fraction of sp³-hybridized carbons (Fsp3) is 0. The van der Waals surface area contributed by atoms with Crippen molar-refractivity contribution in [2.45, 2.75) is 9.79 Å². The van der Waals surface area contributed by atoms with Crippen molar-refractivity contribution in [3.63, 3.8) is 0 Å². The molecule has 0 aliphatic rings. The molecular weight excluding hydrogens is 392 g/mol. The van der Waals surface area contributed by atoms with Crippen LogP contribution in [0.5, 0.6) is 11.5 Å². The Morgan fingerprint density at radius 2 is 1.04 bits per heavy atom. The molecule has 0 aliphatic heterocycles. The summed E-state index contributed by atoms with van der Waals surface area (Å²) in [6.45, 7) is 0. The van der Waals surface area contributed by atoms with Crippen molar-refractivity contribution in [3.05, 3.63) is 73.3 Å². The van der Waals surface area contributed by atoms with Crippen molar-refractivity contribution >= 4 is 21.6 Å². The predicted octanol–water partition coefficient (Wildman–Crippen LogP) is 4.81. The lowest BCUT2D eigenvalue weighted by Crippen LogP contribution is -1.90. The molecule has 6 nitrogen and oxygen atoms in total. The Morgan fingerprint density at radius 3 is 1.43 bits per heavy atom. The maximum atomic E-state index is 9.46. The molecular formula is C20H14N4O2S2. The van der Waals surface area contributed by atoms with Crippen LogP contribution in [0.1, 0.15) is 0 Å². The Balaban J connectivity index is 1.61. The van der Waals surface area contributed by atoms with Gasteiger partial charge in [0.25, 0.3) is 0 Å². The van der Waals surface area contributed by atoms with Gasteiger partial charge in [-0.05, 0) is 48.5 Å². The molecule has 0 aromatic carbocycles. The summed E-state index contributed by atoms with van der Waals surface area (Å²) in [4.78, 5) is 19.3. The maximum Gasteiger partial charge on any atom is 0.133 e. The number of aromatic hydroxyl groups is 2. The summed E-state index contributed by atoms with van der Waals surface area (Å²) in [5.74, 6) is 0.231. The number of rotatable bonds is 5. The van der Waals surface area contributed by atoms with Gasteiger partial charge in [0.2, 0.25) is 0 Å². The van der Waals surface area contributed by atoms with E-state index in [-0.39, 0.29) is 11.5 Å². The van der Waals surface area contributed by atoms with Crippen LogP contribution in [0.25, 0.3) is 22.8 Å². The molecule has 138 valence electrons. The highest BCUT2D eigenvalue weighted by Gasteiger charge is 2.13. The lowest BCUT2D eigenvalue weighted by Gasteiger charge is -2.09. The molecule has 0 saturated heterocycles. The maximum absolute atomic E-state index is 9.46. The summed E-state index contributed by atoms with van der Waals surface area (Å²) < 4.78 is 0. The second-order valence-corrected chi connectivity index (χ2v) is 7.88. The highest BCUT2D eigenvalue weighted by Crippen LogP contribution is 2.43. The van der Waals surface area contributed by atoms with Gasteiger partial charge in [0.05, 0.1) is 23.8 Å². The van der Waals surface area contributed by atoms with E-state index < -0.39 is 0 Å². The first-order valence-electron chi connectivity index (χ1n) is 8.26. The van der Waals surface area contributed by atoms with Crippen LogP contribution in [0.4, 0.5) is 0 Å². The van der Waals surface area contributed by atoms with E-state index in [1.165, 1.54) is 12.4 Å². The first-order valence-corrected chi connectivity index (χ1v) is 10.4. The molecule has 0 bridgehead atoms. The van der Waals surface area contributed by atoms with Crippen LogP contribution in [-0.2, 0) is 0 Å². The number of hydrogen-bond acceptors (Lipinski definition) is 8. The molecule has 0 atom stereocenters. The SMILES string of the molecule is Oc1ccc(-c2ncccc2SSc2cccnc2-c2ccc(O)cn2)nc1. The van der Waals surface area contributed by atoms with Gasteiger partial charge in [-0.3, -0.25) is 19.9 Å². The molecule has 4 rings (SSSR count). The number of hydrogen-bond donors (Lipinski definition) is 2. The highest BCUT2D eigenvalue weighted by atomic mass is 33.1. The smallest absolute Gasteiger partial charge is 0.133 e. The highest BCUT2D eigenvalue weighted by molar-refractivity contribution is 8.76. The summed E-state index contributed by atoms with van der Waals surface area (Å²) in [5.41, 5.74) is 2.86. The van der Waals surface area contributed by atoms with Crippen molar-refractivity contribution in [3.8, 4) is 34.3 Å². The molecule has 8 heteroatoms. The van der Waals surface area contributed by atoms with Gasteiger partial charge in [0, 0.05) is 22.2 Å². The first-order chi connectivity index (χ1) is 13.7.